The number of halogens is 2. The molecule has 0 aliphatic carbocycles. The minimum Gasteiger partial charge on any atom is -0.372 e. The van der Waals surface area contributed by atoms with Gasteiger partial charge >= 0.3 is 0 Å². The minimum atomic E-state index is 0. The van der Waals surface area contributed by atoms with Crippen LogP contribution in [-0.2, 0) is 0 Å². The summed E-state index contributed by atoms with van der Waals surface area (Å²) in [5.74, 6) is 0. The smallest absolute Gasteiger partial charge is 0.0366 e. The summed E-state index contributed by atoms with van der Waals surface area (Å²) in [5.41, 5.74) is 8.36. The molecule has 1 aromatic carbocycles. The highest BCUT2D eigenvalue weighted by atomic mass is 35.5. The molecule has 1 heterocycles. The van der Waals surface area contributed by atoms with Crippen molar-refractivity contribution in [3.8, 4) is 0 Å². The Balaban J connectivity index is 0.00000112. The maximum absolute atomic E-state index is 5.80. The summed E-state index contributed by atoms with van der Waals surface area (Å²) in [7, 11) is 0. The van der Waals surface area contributed by atoms with Crippen molar-refractivity contribution in [1.29, 1.82) is 0 Å². The maximum atomic E-state index is 5.80. The largest absolute Gasteiger partial charge is 0.372 e. The molecule has 2 nitrogen and oxygen atoms in total. The molecule has 1 atom stereocenters. The van der Waals surface area contributed by atoms with Crippen molar-refractivity contribution in [1.82, 2.24) is 0 Å². The molecular weight excluding hydrogens is 243 g/mol. The van der Waals surface area contributed by atoms with E-state index in [0.29, 0.717) is 0 Å². The van der Waals surface area contributed by atoms with E-state index >= 15 is 0 Å². The van der Waals surface area contributed by atoms with Crippen LogP contribution in [0.25, 0.3) is 0 Å². The molecule has 0 radical (unpaired) electrons. The van der Waals surface area contributed by atoms with Crippen LogP contribution in [-0.4, -0.2) is 13.1 Å². The quantitative estimate of drug-likeness (QED) is 0.888. The first-order valence-corrected chi connectivity index (χ1v) is 5.38. The summed E-state index contributed by atoms with van der Waals surface area (Å²) in [4.78, 5) is 2.44. The standard InChI is InChI=1S/C12H18N2.2ClH/c1-10(13)11-4-6-12(7-5-11)14-8-2-3-9-14;;/h4-7,10H,2-3,8-9,13H2,1H3;2*1H. The van der Waals surface area contributed by atoms with Gasteiger partial charge in [-0.25, -0.2) is 0 Å². The summed E-state index contributed by atoms with van der Waals surface area (Å²) in [6.45, 7) is 4.43. The minimum absolute atomic E-state index is 0. The number of hydrogen-bond donors (Lipinski definition) is 1. The predicted molar refractivity (Wildman–Crippen MR) is 75.0 cm³/mol. The number of benzene rings is 1. The van der Waals surface area contributed by atoms with Crippen molar-refractivity contribution in [2.24, 2.45) is 5.73 Å². The molecule has 1 saturated heterocycles. The Morgan fingerprint density at radius 3 is 2.00 bits per heavy atom. The van der Waals surface area contributed by atoms with E-state index < -0.39 is 0 Å². The summed E-state index contributed by atoms with van der Waals surface area (Å²) in [5, 5.41) is 0. The lowest BCUT2D eigenvalue weighted by Crippen LogP contribution is -2.17. The Labute approximate surface area is 110 Å². The number of nitrogens with two attached hydrogens (primary N) is 1. The van der Waals surface area contributed by atoms with Crippen LogP contribution in [0.5, 0.6) is 0 Å². The van der Waals surface area contributed by atoms with Crippen LogP contribution in [0, 0.1) is 0 Å². The monoisotopic (exact) mass is 262 g/mol. The molecule has 0 amide bonds. The van der Waals surface area contributed by atoms with Crippen LogP contribution in [0.1, 0.15) is 31.4 Å². The maximum Gasteiger partial charge on any atom is 0.0366 e. The van der Waals surface area contributed by atoms with Crippen LogP contribution < -0.4 is 10.6 Å². The van der Waals surface area contributed by atoms with E-state index in [1.807, 2.05) is 6.92 Å². The van der Waals surface area contributed by atoms with E-state index in [2.05, 4.69) is 29.2 Å². The second kappa shape index (κ2) is 7.00. The van der Waals surface area contributed by atoms with Crippen LogP contribution in [0.4, 0.5) is 5.69 Å². The second-order valence-electron chi connectivity index (χ2n) is 4.07. The average Bonchev–Trinajstić information content (AvgIpc) is 2.71. The molecule has 0 aromatic heterocycles. The average molecular weight is 263 g/mol. The van der Waals surface area contributed by atoms with Crippen molar-refractivity contribution in [3.63, 3.8) is 0 Å². The van der Waals surface area contributed by atoms with Crippen LogP contribution in [0.2, 0.25) is 0 Å². The second-order valence-corrected chi connectivity index (χ2v) is 4.07. The Morgan fingerprint density at radius 2 is 1.56 bits per heavy atom. The zero-order valence-electron chi connectivity index (χ0n) is 9.56. The number of rotatable bonds is 2. The van der Waals surface area contributed by atoms with Gasteiger partial charge in [-0.2, -0.15) is 0 Å². The molecule has 1 aromatic rings. The van der Waals surface area contributed by atoms with Gasteiger partial charge in [-0.3, -0.25) is 0 Å². The first-order chi connectivity index (χ1) is 6.77. The van der Waals surface area contributed by atoms with Crippen LogP contribution in [0.15, 0.2) is 24.3 Å². The molecule has 4 heteroatoms. The van der Waals surface area contributed by atoms with Crippen molar-refractivity contribution in [2.75, 3.05) is 18.0 Å². The lowest BCUT2D eigenvalue weighted by molar-refractivity contribution is 0.817. The number of nitrogens with zero attached hydrogens (tertiary/aromatic N) is 1. The highest BCUT2D eigenvalue weighted by Gasteiger charge is 2.11. The van der Waals surface area contributed by atoms with Gasteiger partial charge in [0, 0.05) is 24.8 Å². The third kappa shape index (κ3) is 3.55. The highest BCUT2D eigenvalue weighted by molar-refractivity contribution is 5.85. The zero-order valence-corrected chi connectivity index (χ0v) is 11.2. The molecule has 1 unspecified atom stereocenters. The molecule has 1 aliphatic rings. The van der Waals surface area contributed by atoms with E-state index in [4.69, 9.17) is 5.73 Å². The Bertz CT molecular complexity index is 292. The fourth-order valence-corrected chi connectivity index (χ4v) is 1.96. The number of hydrogen-bond acceptors (Lipinski definition) is 2. The molecular formula is C12H20Cl2N2. The lowest BCUT2D eigenvalue weighted by atomic mass is 10.1. The Morgan fingerprint density at radius 1 is 1.06 bits per heavy atom. The summed E-state index contributed by atoms with van der Waals surface area (Å²) < 4.78 is 0. The van der Waals surface area contributed by atoms with Crippen molar-refractivity contribution in [3.05, 3.63) is 29.8 Å². The van der Waals surface area contributed by atoms with Gasteiger partial charge in [-0.1, -0.05) is 12.1 Å². The van der Waals surface area contributed by atoms with Crippen molar-refractivity contribution >= 4 is 30.5 Å². The zero-order chi connectivity index (χ0) is 9.97. The van der Waals surface area contributed by atoms with Gasteiger partial charge in [0.1, 0.15) is 0 Å². The van der Waals surface area contributed by atoms with E-state index in [0.717, 1.165) is 0 Å². The molecule has 2 N–H and O–H groups in total. The SMILES string of the molecule is CC(N)c1ccc(N2CCCC2)cc1.Cl.Cl. The van der Waals surface area contributed by atoms with Gasteiger partial charge in [0.05, 0.1) is 0 Å². The van der Waals surface area contributed by atoms with E-state index in [1.54, 1.807) is 0 Å². The fraction of sp³-hybridized carbons (Fsp3) is 0.500. The topological polar surface area (TPSA) is 29.3 Å². The van der Waals surface area contributed by atoms with E-state index in [1.165, 1.54) is 37.2 Å². The molecule has 92 valence electrons. The summed E-state index contributed by atoms with van der Waals surface area (Å²) in [6.07, 6.45) is 2.66. The van der Waals surface area contributed by atoms with Crippen LogP contribution in [0.3, 0.4) is 0 Å². The molecule has 2 rings (SSSR count). The van der Waals surface area contributed by atoms with Gasteiger partial charge < -0.3 is 10.6 Å². The Hall–Kier alpha value is -0.440. The molecule has 16 heavy (non-hydrogen) atoms. The first kappa shape index (κ1) is 15.6. The molecule has 0 spiro atoms. The van der Waals surface area contributed by atoms with Gasteiger partial charge in [0.15, 0.2) is 0 Å². The van der Waals surface area contributed by atoms with Crippen LogP contribution >= 0.6 is 24.8 Å². The van der Waals surface area contributed by atoms with Gasteiger partial charge in [0.2, 0.25) is 0 Å². The summed E-state index contributed by atoms with van der Waals surface area (Å²) >= 11 is 0. The van der Waals surface area contributed by atoms with E-state index in [9.17, 15) is 0 Å². The lowest BCUT2D eigenvalue weighted by Gasteiger charge is -2.18. The van der Waals surface area contributed by atoms with Gasteiger partial charge in [-0.05, 0) is 37.5 Å². The van der Waals surface area contributed by atoms with Gasteiger partial charge in [-0.15, -0.1) is 24.8 Å². The number of anilines is 1. The molecule has 1 fully saturated rings. The highest BCUT2D eigenvalue weighted by Crippen LogP contribution is 2.21. The van der Waals surface area contributed by atoms with E-state index in [-0.39, 0.29) is 30.9 Å². The molecule has 1 aliphatic heterocycles. The Kier molecular flexibility index (Phi) is 6.81. The third-order valence-corrected chi connectivity index (χ3v) is 2.89. The predicted octanol–water partition coefficient (Wildman–Crippen LogP) is 3.15. The normalized spacial score (nSPS) is 16.2. The first-order valence-electron chi connectivity index (χ1n) is 5.38. The fourth-order valence-electron chi connectivity index (χ4n) is 1.96. The summed E-state index contributed by atoms with van der Waals surface area (Å²) in [6, 6.07) is 8.78. The molecule has 0 saturated carbocycles. The van der Waals surface area contributed by atoms with Crippen molar-refractivity contribution < 1.29 is 0 Å². The third-order valence-electron chi connectivity index (χ3n) is 2.89. The molecule has 0 bridgehead atoms. The van der Waals surface area contributed by atoms with Crippen molar-refractivity contribution in [2.45, 2.75) is 25.8 Å². The van der Waals surface area contributed by atoms with Gasteiger partial charge in [0.25, 0.3) is 0 Å².